The summed E-state index contributed by atoms with van der Waals surface area (Å²) in [4.78, 5) is 14.4. The van der Waals surface area contributed by atoms with Crippen LogP contribution in [-0.2, 0) is 9.53 Å². The van der Waals surface area contributed by atoms with E-state index in [-0.39, 0.29) is 17.9 Å². The first-order chi connectivity index (χ1) is 10.6. The summed E-state index contributed by atoms with van der Waals surface area (Å²) in [7, 11) is 1.88. The Morgan fingerprint density at radius 1 is 1.32 bits per heavy atom. The van der Waals surface area contributed by atoms with Crippen LogP contribution in [0.1, 0.15) is 37.8 Å². The van der Waals surface area contributed by atoms with Crippen molar-refractivity contribution in [1.29, 1.82) is 0 Å². The zero-order chi connectivity index (χ0) is 15.9. The quantitative estimate of drug-likeness (QED) is 0.879. The first kappa shape index (κ1) is 17.0. The van der Waals surface area contributed by atoms with Crippen LogP contribution in [0.2, 0.25) is 0 Å². The summed E-state index contributed by atoms with van der Waals surface area (Å²) in [5.74, 6) is 0.604. The van der Waals surface area contributed by atoms with Crippen LogP contribution in [0.4, 0.5) is 0 Å². The summed E-state index contributed by atoms with van der Waals surface area (Å²) in [6.07, 6.45) is 3.28. The van der Waals surface area contributed by atoms with Crippen molar-refractivity contribution >= 4 is 5.91 Å². The molecule has 1 aromatic carbocycles. The van der Waals surface area contributed by atoms with Crippen LogP contribution in [0.5, 0.6) is 0 Å². The highest BCUT2D eigenvalue weighted by Gasteiger charge is 2.25. The lowest BCUT2D eigenvalue weighted by Crippen LogP contribution is -2.38. The molecule has 2 N–H and O–H groups in total. The van der Waals surface area contributed by atoms with Gasteiger partial charge in [-0.1, -0.05) is 37.3 Å². The van der Waals surface area contributed by atoms with E-state index >= 15 is 0 Å². The number of hydrogen-bond donors (Lipinski definition) is 1. The highest BCUT2D eigenvalue weighted by atomic mass is 16.5. The SMILES string of the molecule is CC(C(=O)N(C)CCC1CCOCC1)C(N)c1ccccc1. The smallest absolute Gasteiger partial charge is 0.227 e. The molecule has 0 spiro atoms. The third-order valence-corrected chi connectivity index (χ3v) is 4.70. The van der Waals surface area contributed by atoms with Crippen LogP contribution in [-0.4, -0.2) is 37.6 Å². The zero-order valence-corrected chi connectivity index (χ0v) is 13.7. The molecule has 122 valence electrons. The van der Waals surface area contributed by atoms with Gasteiger partial charge in [0.2, 0.25) is 5.91 Å². The van der Waals surface area contributed by atoms with Crippen LogP contribution in [0, 0.1) is 11.8 Å². The van der Waals surface area contributed by atoms with Gasteiger partial charge >= 0.3 is 0 Å². The molecule has 4 nitrogen and oxygen atoms in total. The second-order valence-corrected chi connectivity index (χ2v) is 6.33. The van der Waals surface area contributed by atoms with Gasteiger partial charge in [-0.3, -0.25) is 4.79 Å². The number of hydrogen-bond acceptors (Lipinski definition) is 3. The summed E-state index contributed by atoms with van der Waals surface area (Å²) in [6, 6.07) is 9.59. The molecule has 1 heterocycles. The van der Waals surface area contributed by atoms with Crippen LogP contribution in [0.3, 0.4) is 0 Å². The lowest BCUT2D eigenvalue weighted by atomic mass is 9.93. The monoisotopic (exact) mass is 304 g/mol. The van der Waals surface area contributed by atoms with Gasteiger partial charge in [-0.15, -0.1) is 0 Å². The Hall–Kier alpha value is -1.39. The van der Waals surface area contributed by atoms with Gasteiger partial charge in [0.25, 0.3) is 0 Å². The Bertz CT molecular complexity index is 457. The average molecular weight is 304 g/mol. The van der Waals surface area contributed by atoms with Gasteiger partial charge in [0.05, 0.1) is 5.92 Å². The largest absolute Gasteiger partial charge is 0.381 e. The fourth-order valence-electron chi connectivity index (χ4n) is 2.99. The van der Waals surface area contributed by atoms with Gasteiger partial charge in [-0.2, -0.15) is 0 Å². The maximum absolute atomic E-state index is 12.6. The molecule has 2 rings (SSSR count). The van der Waals surface area contributed by atoms with Crippen molar-refractivity contribution in [3.63, 3.8) is 0 Å². The van der Waals surface area contributed by atoms with Gasteiger partial charge < -0.3 is 15.4 Å². The lowest BCUT2D eigenvalue weighted by molar-refractivity contribution is -0.134. The maximum atomic E-state index is 12.6. The predicted molar refractivity (Wildman–Crippen MR) is 88.3 cm³/mol. The molecule has 0 radical (unpaired) electrons. The first-order valence-electron chi connectivity index (χ1n) is 8.23. The van der Waals surface area contributed by atoms with Crippen molar-refractivity contribution < 1.29 is 9.53 Å². The third kappa shape index (κ3) is 4.55. The van der Waals surface area contributed by atoms with E-state index in [9.17, 15) is 4.79 Å². The summed E-state index contributed by atoms with van der Waals surface area (Å²) in [5.41, 5.74) is 7.27. The minimum absolute atomic E-state index is 0.128. The van der Waals surface area contributed by atoms with E-state index in [0.717, 1.165) is 44.6 Å². The highest BCUT2D eigenvalue weighted by Crippen LogP contribution is 2.22. The van der Waals surface area contributed by atoms with Crippen LogP contribution < -0.4 is 5.73 Å². The zero-order valence-electron chi connectivity index (χ0n) is 13.7. The minimum Gasteiger partial charge on any atom is -0.381 e. The van der Waals surface area contributed by atoms with E-state index in [1.165, 1.54) is 0 Å². The molecule has 1 aromatic rings. The number of nitrogens with two attached hydrogens (primary N) is 1. The summed E-state index contributed by atoms with van der Waals surface area (Å²) in [6.45, 7) is 4.44. The molecule has 1 amide bonds. The molecule has 22 heavy (non-hydrogen) atoms. The fourth-order valence-corrected chi connectivity index (χ4v) is 2.99. The van der Waals surface area contributed by atoms with Crippen molar-refractivity contribution in [3.8, 4) is 0 Å². The lowest BCUT2D eigenvalue weighted by Gasteiger charge is -2.28. The molecule has 0 bridgehead atoms. The second-order valence-electron chi connectivity index (χ2n) is 6.33. The van der Waals surface area contributed by atoms with Gasteiger partial charge in [-0.25, -0.2) is 0 Å². The van der Waals surface area contributed by atoms with E-state index in [2.05, 4.69) is 0 Å². The van der Waals surface area contributed by atoms with Gasteiger partial charge in [0.15, 0.2) is 0 Å². The second kappa shape index (κ2) is 8.30. The molecule has 1 aliphatic heterocycles. The standard InChI is InChI=1S/C18H28N2O2/c1-14(17(19)16-6-4-3-5-7-16)18(21)20(2)11-8-15-9-12-22-13-10-15/h3-7,14-15,17H,8-13,19H2,1-2H3. The van der Waals surface area contributed by atoms with Crippen molar-refractivity contribution in [1.82, 2.24) is 4.90 Å². The van der Waals surface area contributed by atoms with Crippen molar-refractivity contribution in [2.24, 2.45) is 17.6 Å². The predicted octanol–water partition coefficient (Wildman–Crippen LogP) is 2.60. The Morgan fingerprint density at radius 3 is 2.59 bits per heavy atom. The number of carbonyl (C=O) groups is 1. The molecule has 2 atom stereocenters. The van der Waals surface area contributed by atoms with E-state index in [1.807, 2.05) is 49.2 Å². The molecule has 4 heteroatoms. The number of nitrogens with zero attached hydrogens (tertiary/aromatic N) is 1. The molecule has 0 aliphatic carbocycles. The molecule has 1 fully saturated rings. The van der Waals surface area contributed by atoms with Crippen molar-refractivity contribution in [2.45, 2.75) is 32.2 Å². The van der Waals surface area contributed by atoms with E-state index in [1.54, 1.807) is 0 Å². The average Bonchev–Trinajstić information content (AvgIpc) is 2.59. The Balaban J connectivity index is 1.83. The number of benzene rings is 1. The minimum atomic E-state index is -0.251. The number of rotatable bonds is 6. The molecular weight excluding hydrogens is 276 g/mol. The number of ether oxygens (including phenoxy) is 1. The molecule has 0 aromatic heterocycles. The Morgan fingerprint density at radius 2 is 1.95 bits per heavy atom. The highest BCUT2D eigenvalue weighted by molar-refractivity contribution is 5.79. The van der Waals surface area contributed by atoms with E-state index in [4.69, 9.17) is 10.5 Å². The normalized spacial score (nSPS) is 18.7. The van der Waals surface area contributed by atoms with E-state index < -0.39 is 0 Å². The molecule has 1 aliphatic rings. The van der Waals surface area contributed by atoms with Crippen LogP contribution in [0.25, 0.3) is 0 Å². The fraction of sp³-hybridized carbons (Fsp3) is 0.611. The molecule has 2 unspecified atom stereocenters. The maximum Gasteiger partial charge on any atom is 0.227 e. The van der Waals surface area contributed by atoms with Gasteiger partial charge in [-0.05, 0) is 30.7 Å². The van der Waals surface area contributed by atoms with E-state index in [0.29, 0.717) is 5.92 Å². The van der Waals surface area contributed by atoms with Crippen molar-refractivity contribution in [3.05, 3.63) is 35.9 Å². The van der Waals surface area contributed by atoms with Gasteiger partial charge in [0.1, 0.15) is 0 Å². The van der Waals surface area contributed by atoms with Crippen LogP contribution in [0.15, 0.2) is 30.3 Å². The summed E-state index contributed by atoms with van der Waals surface area (Å²) < 4.78 is 5.38. The molecule has 1 saturated heterocycles. The summed E-state index contributed by atoms with van der Waals surface area (Å²) in [5, 5.41) is 0. The van der Waals surface area contributed by atoms with Crippen molar-refractivity contribution in [2.75, 3.05) is 26.8 Å². The first-order valence-corrected chi connectivity index (χ1v) is 8.23. The van der Waals surface area contributed by atoms with Crippen LogP contribution >= 0.6 is 0 Å². The third-order valence-electron chi connectivity index (χ3n) is 4.70. The summed E-state index contributed by atoms with van der Waals surface area (Å²) >= 11 is 0. The topological polar surface area (TPSA) is 55.6 Å². The Kier molecular flexibility index (Phi) is 6.40. The van der Waals surface area contributed by atoms with Gasteiger partial charge in [0, 0.05) is 32.8 Å². The molecular formula is C18H28N2O2. The number of amides is 1. The molecule has 0 saturated carbocycles. The number of carbonyl (C=O) groups excluding carboxylic acids is 1. The Labute approximate surface area is 133 Å².